The van der Waals surface area contributed by atoms with E-state index < -0.39 is 11.2 Å². The minimum absolute atomic E-state index is 0.139. The first-order valence-corrected chi connectivity index (χ1v) is 14.4. The maximum absolute atomic E-state index is 12.8. The van der Waals surface area contributed by atoms with Crippen LogP contribution in [0.25, 0.3) is 5.69 Å². The lowest BCUT2D eigenvalue weighted by Gasteiger charge is -2.37. The lowest BCUT2D eigenvalue weighted by molar-refractivity contribution is -0.137. The highest BCUT2D eigenvalue weighted by atomic mass is 16.2. The van der Waals surface area contributed by atoms with Crippen molar-refractivity contribution in [3.8, 4) is 5.69 Å². The molecule has 1 aliphatic carbocycles. The lowest BCUT2D eigenvalue weighted by atomic mass is 10.0. The van der Waals surface area contributed by atoms with E-state index in [0.717, 1.165) is 55.9 Å². The Kier molecular flexibility index (Phi) is 7.98. The van der Waals surface area contributed by atoms with E-state index in [0.29, 0.717) is 32.2 Å². The van der Waals surface area contributed by atoms with Crippen LogP contribution in [-0.2, 0) is 11.2 Å². The summed E-state index contributed by atoms with van der Waals surface area (Å²) in [5.74, 6) is 2.37. The van der Waals surface area contributed by atoms with Crippen molar-refractivity contribution in [1.29, 1.82) is 0 Å². The highest BCUT2D eigenvalue weighted by Crippen LogP contribution is 2.51. The van der Waals surface area contributed by atoms with Gasteiger partial charge in [0.25, 0.3) is 0 Å². The average molecular weight is 551 g/mol. The minimum atomic E-state index is -0.945. The zero-order chi connectivity index (χ0) is 28.6. The molecule has 3 heterocycles. The van der Waals surface area contributed by atoms with Crippen LogP contribution in [0.15, 0.2) is 41.3 Å². The van der Waals surface area contributed by atoms with Gasteiger partial charge >= 0.3 is 11.7 Å². The normalized spacial score (nSPS) is 23.6. The number of likely N-dealkylation sites (tertiary alicyclic amines) is 1. The molecule has 0 spiro atoms. The molecular formula is C29H42N8O3. The summed E-state index contributed by atoms with van der Waals surface area (Å²) < 4.78 is 1.47. The number of piperidine rings is 1. The van der Waals surface area contributed by atoms with Gasteiger partial charge in [-0.25, -0.2) is 9.59 Å². The number of carbonyl (C=O) groups excluding carboxylic acids is 2. The number of benzene rings is 1. The van der Waals surface area contributed by atoms with Crippen LogP contribution in [0.1, 0.15) is 32.8 Å². The van der Waals surface area contributed by atoms with Gasteiger partial charge in [0.05, 0.1) is 11.2 Å². The SMILES string of the molecule is CCC(Cc1ccc(-n2ccc(NC(=O)N3CCN(C(=O)C(C)(C)N)CC3)nc2=O)cc1)N1CC2C(CN)C2C1. The number of nitrogens with two attached hydrogens (primary N) is 2. The number of urea groups is 1. The van der Waals surface area contributed by atoms with Crippen molar-refractivity contribution < 1.29 is 9.59 Å². The molecule has 1 aromatic carbocycles. The van der Waals surface area contributed by atoms with Gasteiger partial charge in [-0.05, 0) is 74.8 Å². The zero-order valence-corrected chi connectivity index (χ0v) is 23.8. The Morgan fingerprint density at radius 3 is 2.23 bits per heavy atom. The summed E-state index contributed by atoms with van der Waals surface area (Å²) >= 11 is 0. The van der Waals surface area contributed by atoms with Crippen molar-refractivity contribution in [3.05, 3.63) is 52.6 Å². The molecule has 1 saturated carbocycles. The Bertz CT molecular complexity index is 1270. The van der Waals surface area contributed by atoms with E-state index in [1.54, 1.807) is 35.9 Å². The predicted octanol–water partition coefficient (Wildman–Crippen LogP) is 1.10. The molecule has 5 N–H and O–H groups in total. The molecule has 11 heteroatoms. The first-order valence-electron chi connectivity index (χ1n) is 14.4. The van der Waals surface area contributed by atoms with Crippen LogP contribution in [0, 0.1) is 17.8 Å². The first-order chi connectivity index (χ1) is 19.1. The second-order valence-electron chi connectivity index (χ2n) is 12.0. The number of nitrogens with one attached hydrogen (secondary N) is 1. The topological polar surface area (TPSA) is 143 Å². The molecule has 216 valence electrons. The van der Waals surface area contributed by atoms with E-state index in [4.69, 9.17) is 11.5 Å². The van der Waals surface area contributed by atoms with Crippen LogP contribution in [0.2, 0.25) is 0 Å². The standard InChI is InChI=1S/C29H42N8O3/c1-4-20(36-17-23-22(16-30)24(23)18-36)15-19-5-7-21(8-6-19)37-10-9-25(33-28(37)40)32-27(39)35-13-11-34(12-14-35)26(38)29(2,3)31/h5-10,20,22-24H,4,11-18,30-31H2,1-3H3,(H,32,33,39,40). The summed E-state index contributed by atoms with van der Waals surface area (Å²) in [4.78, 5) is 47.9. The number of nitrogens with zero attached hydrogens (tertiary/aromatic N) is 5. The quantitative estimate of drug-likeness (QED) is 0.447. The maximum atomic E-state index is 12.8. The third kappa shape index (κ3) is 5.91. The zero-order valence-electron chi connectivity index (χ0n) is 23.8. The molecule has 2 aliphatic heterocycles. The fourth-order valence-corrected chi connectivity index (χ4v) is 6.30. The maximum Gasteiger partial charge on any atom is 0.354 e. The average Bonchev–Trinajstić information content (AvgIpc) is 3.41. The molecule has 0 bridgehead atoms. The number of aromatic nitrogens is 2. The smallest absolute Gasteiger partial charge is 0.338 e. The Morgan fingerprint density at radius 2 is 1.68 bits per heavy atom. The Balaban J connectivity index is 1.15. The number of hydrogen-bond donors (Lipinski definition) is 3. The molecule has 11 nitrogen and oxygen atoms in total. The number of anilines is 1. The van der Waals surface area contributed by atoms with E-state index in [2.05, 4.69) is 34.3 Å². The van der Waals surface area contributed by atoms with Gasteiger partial charge in [0.15, 0.2) is 0 Å². The second kappa shape index (κ2) is 11.3. The minimum Gasteiger partial charge on any atom is -0.338 e. The van der Waals surface area contributed by atoms with Gasteiger partial charge in [-0.15, -0.1) is 0 Å². The molecule has 3 amide bonds. The summed E-state index contributed by atoms with van der Waals surface area (Å²) in [6, 6.07) is 9.82. The lowest BCUT2D eigenvalue weighted by Crippen LogP contribution is -2.58. The third-order valence-electron chi connectivity index (χ3n) is 8.79. The number of hydrogen-bond acceptors (Lipinski definition) is 7. The Morgan fingerprint density at radius 1 is 1.05 bits per heavy atom. The predicted molar refractivity (Wildman–Crippen MR) is 154 cm³/mol. The summed E-state index contributed by atoms with van der Waals surface area (Å²) in [6.45, 7) is 10.3. The highest BCUT2D eigenvalue weighted by Gasteiger charge is 2.55. The van der Waals surface area contributed by atoms with E-state index in [1.165, 1.54) is 10.1 Å². The Labute approximate surface area is 235 Å². The summed E-state index contributed by atoms with van der Waals surface area (Å²) in [5.41, 5.74) is 12.3. The molecule has 1 aromatic heterocycles. The van der Waals surface area contributed by atoms with E-state index in [9.17, 15) is 14.4 Å². The molecule has 40 heavy (non-hydrogen) atoms. The molecule has 2 saturated heterocycles. The number of carbonyl (C=O) groups is 2. The van der Waals surface area contributed by atoms with Crippen molar-refractivity contribution in [2.75, 3.05) is 51.1 Å². The summed E-state index contributed by atoms with van der Waals surface area (Å²) in [7, 11) is 0. The first kappa shape index (κ1) is 28.3. The van der Waals surface area contributed by atoms with Crippen molar-refractivity contribution in [3.63, 3.8) is 0 Å². The van der Waals surface area contributed by atoms with Gasteiger partial charge in [0.2, 0.25) is 5.91 Å². The van der Waals surface area contributed by atoms with E-state index in [-0.39, 0.29) is 17.8 Å². The van der Waals surface area contributed by atoms with Crippen molar-refractivity contribution in [2.24, 2.45) is 29.2 Å². The number of rotatable bonds is 8. The highest BCUT2D eigenvalue weighted by molar-refractivity contribution is 5.89. The largest absolute Gasteiger partial charge is 0.354 e. The second-order valence-corrected chi connectivity index (χ2v) is 12.0. The molecule has 3 aliphatic rings. The monoisotopic (exact) mass is 550 g/mol. The van der Waals surface area contributed by atoms with E-state index in [1.807, 2.05) is 12.1 Å². The van der Waals surface area contributed by atoms with Crippen LogP contribution in [0.4, 0.5) is 10.6 Å². The van der Waals surface area contributed by atoms with Gasteiger partial charge in [-0.1, -0.05) is 19.1 Å². The summed E-state index contributed by atoms with van der Waals surface area (Å²) in [5, 5.41) is 2.70. The van der Waals surface area contributed by atoms with Crippen LogP contribution in [0.3, 0.4) is 0 Å². The van der Waals surface area contributed by atoms with E-state index >= 15 is 0 Å². The number of piperazine rings is 1. The van der Waals surface area contributed by atoms with Crippen LogP contribution in [0.5, 0.6) is 0 Å². The van der Waals surface area contributed by atoms with Crippen LogP contribution in [-0.4, -0.2) is 93.6 Å². The molecular weight excluding hydrogens is 508 g/mol. The number of amides is 3. The van der Waals surface area contributed by atoms with Crippen LogP contribution >= 0.6 is 0 Å². The van der Waals surface area contributed by atoms with Gasteiger partial charge in [-0.2, -0.15) is 4.98 Å². The fourth-order valence-electron chi connectivity index (χ4n) is 6.30. The number of fused-ring (bicyclic) bond motifs is 1. The van der Waals surface area contributed by atoms with Crippen molar-refractivity contribution in [2.45, 2.75) is 45.2 Å². The van der Waals surface area contributed by atoms with Gasteiger partial charge in [0.1, 0.15) is 5.82 Å². The fraction of sp³-hybridized carbons (Fsp3) is 0.586. The molecule has 3 unspecified atom stereocenters. The molecule has 3 atom stereocenters. The van der Waals surface area contributed by atoms with Gasteiger partial charge in [-0.3, -0.25) is 19.6 Å². The third-order valence-corrected chi connectivity index (χ3v) is 8.79. The van der Waals surface area contributed by atoms with Crippen molar-refractivity contribution in [1.82, 2.24) is 24.3 Å². The molecule has 3 fully saturated rings. The molecule has 5 rings (SSSR count). The van der Waals surface area contributed by atoms with Crippen LogP contribution < -0.4 is 22.5 Å². The molecule has 2 aromatic rings. The Hall–Kier alpha value is -3.28. The molecule has 0 radical (unpaired) electrons. The van der Waals surface area contributed by atoms with Gasteiger partial charge in [0, 0.05) is 51.5 Å². The van der Waals surface area contributed by atoms with Gasteiger partial charge < -0.3 is 21.3 Å². The summed E-state index contributed by atoms with van der Waals surface area (Å²) in [6.07, 6.45) is 3.71. The van der Waals surface area contributed by atoms with Crippen molar-refractivity contribution >= 4 is 17.8 Å².